The predicted molar refractivity (Wildman–Crippen MR) is 90.7 cm³/mol. The zero-order valence-corrected chi connectivity index (χ0v) is 14.1. The van der Waals surface area contributed by atoms with Gasteiger partial charge >= 0.3 is 0 Å². The van der Waals surface area contributed by atoms with Crippen molar-refractivity contribution in [3.63, 3.8) is 0 Å². The molecular formula is C16H16N2O3S2. The van der Waals surface area contributed by atoms with Crippen LogP contribution in [0.3, 0.4) is 0 Å². The summed E-state index contributed by atoms with van der Waals surface area (Å²) < 4.78 is 26.0. The molecule has 1 aromatic heterocycles. The van der Waals surface area contributed by atoms with Crippen LogP contribution in [-0.4, -0.2) is 20.9 Å². The Morgan fingerprint density at radius 2 is 1.96 bits per heavy atom. The van der Waals surface area contributed by atoms with E-state index in [-0.39, 0.29) is 17.3 Å². The van der Waals surface area contributed by atoms with Gasteiger partial charge in [-0.1, -0.05) is 5.92 Å². The van der Waals surface area contributed by atoms with Crippen molar-refractivity contribution >= 4 is 27.3 Å². The summed E-state index contributed by atoms with van der Waals surface area (Å²) in [7, 11) is -3.64. The fraction of sp³-hybridized carbons (Fsp3) is 0.188. The lowest BCUT2D eigenvalue weighted by molar-refractivity contribution is 0.0951. The number of sulfonamides is 1. The number of hydrogen-bond acceptors (Lipinski definition) is 4. The minimum absolute atomic E-state index is 0.0680. The second-order valence-corrected chi connectivity index (χ2v) is 7.53. The summed E-state index contributed by atoms with van der Waals surface area (Å²) >= 11 is 1.58. The number of amides is 1. The highest BCUT2D eigenvalue weighted by atomic mass is 32.2. The van der Waals surface area contributed by atoms with E-state index in [1.54, 1.807) is 11.3 Å². The van der Waals surface area contributed by atoms with Crippen LogP contribution in [0.2, 0.25) is 0 Å². The summed E-state index contributed by atoms with van der Waals surface area (Å²) in [6, 6.07) is 7.70. The minimum atomic E-state index is -3.64. The van der Waals surface area contributed by atoms with Crippen LogP contribution in [0.1, 0.15) is 20.8 Å². The third-order valence-corrected chi connectivity index (χ3v) is 5.61. The van der Waals surface area contributed by atoms with Gasteiger partial charge in [0.15, 0.2) is 0 Å². The van der Waals surface area contributed by atoms with E-state index in [9.17, 15) is 13.2 Å². The van der Waals surface area contributed by atoms with Crippen LogP contribution in [0.15, 0.2) is 40.6 Å². The number of carbonyl (C=O) groups excluding carboxylic acids is 1. The van der Waals surface area contributed by atoms with Crippen molar-refractivity contribution in [2.45, 2.75) is 18.4 Å². The third-order valence-electron chi connectivity index (χ3n) is 3.17. The summed E-state index contributed by atoms with van der Waals surface area (Å²) in [4.78, 5) is 13.2. The van der Waals surface area contributed by atoms with E-state index >= 15 is 0 Å². The average molecular weight is 348 g/mol. The van der Waals surface area contributed by atoms with Gasteiger partial charge < -0.3 is 5.32 Å². The van der Waals surface area contributed by atoms with Gasteiger partial charge in [-0.25, -0.2) is 8.42 Å². The fourth-order valence-corrected chi connectivity index (χ4v) is 3.63. The van der Waals surface area contributed by atoms with Crippen molar-refractivity contribution in [2.24, 2.45) is 0 Å². The molecule has 0 fully saturated rings. The molecule has 7 heteroatoms. The van der Waals surface area contributed by atoms with Crippen molar-refractivity contribution in [2.75, 3.05) is 6.54 Å². The van der Waals surface area contributed by atoms with Crippen molar-refractivity contribution in [1.82, 2.24) is 10.0 Å². The maximum absolute atomic E-state index is 12.1. The summed E-state index contributed by atoms with van der Waals surface area (Å²) in [5.41, 5.74) is 1.53. The van der Waals surface area contributed by atoms with Crippen LogP contribution in [0.5, 0.6) is 0 Å². The number of benzene rings is 1. The van der Waals surface area contributed by atoms with Crippen LogP contribution in [-0.2, 0) is 16.6 Å². The Morgan fingerprint density at radius 1 is 1.26 bits per heavy atom. The lowest BCUT2D eigenvalue weighted by Gasteiger charge is -2.07. The molecule has 0 aliphatic carbocycles. The zero-order chi connectivity index (χ0) is 16.9. The second-order valence-electron chi connectivity index (χ2n) is 4.76. The summed E-state index contributed by atoms with van der Waals surface area (Å²) in [5.74, 6) is 1.95. The van der Waals surface area contributed by atoms with Crippen LogP contribution in [0.25, 0.3) is 0 Å². The van der Waals surface area contributed by atoms with E-state index in [0.717, 1.165) is 10.4 Å². The van der Waals surface area contributed by atoms with E-state index in [0.29, 0.717) is 12.1 Å². The van der Waals surface area contributed by atoms with Crippen LogP contribution in [0, 0.1) is 19.3 Å². The zero-order valence-electron chi connectivity index (χ0n) is 12.5. The van der Waals surface area contributed by atoms with Gasteiger partial charge in [-0.05, 0) is 48.2 Å². The first-order valence-electron chi connectivity index (χ1n) is 6.78. The van der Waals surface area contributed by atoms with Gasteiger partial charge in [0.1, 0.15) is 0 Å². The Balaban J connectivity index is 2.03. The molecule has 2 N–H and O–H groups in total. The van der Waals surface area contributed by atoms with Gasteiger partial charge in [0.25, 0.3) is 5.91 Å². The molecule has 0 unspecified atom stereocenters. The Morgan fingerprint density at radius 3 is 2.52 bits per heavy atom. The van der Waals surface area contributed by atoms with Gasteiger partial charge in [0, 0.05) is 10.4 Å². The number of terminal acetylenes is 1. The first-order valence-corrected chi connectivity index (χ1v) is 9.14. The largest absolute Gasteiger partial charge is 0.347 e. The quantitative estimate of drug-likeness (QED) is 0.783. The van der Waals surface area contributed by atoms with Gasteiger partial charge in [0.2, 0.25) is 10.0 Å². The predicted octanol–water partition coefficient (Wildman–Crippen LogP) is 1.90. The van der Waals surface area contributed by atoms with Crippen LogP contribution in [0.4, 0.5) is 0 Å². The Hall–Kier alpha value is -2.14. The van der Waals surface area contributed by atoms with E-state index in [2.05, 4.69) is 16.0 Å². The maximum atomic E-state index is 12.1. The summed E-state index contributed by atoms with van der Waals surface area (Å²) in [5, 5.41) is 4.79. The van der Waals surface area contributed by atoms with Gasteiger partial charge in [-0.15, -0.1) is 17.8 Å². The van der Waals surface area contributed by atoms with Gasteiger partial charge in [0.05, 0.1) is 18.0 Å². The second kappa shape index (κ2) is 7.42. The standard InChI is InChI=1S/C16H16N2O3S2/c1-3-9-18-23(20,21)14-6-4-13(5-7-14)16(19)17-11-15-12(2)8-10-22-15/h1,4-8,10,18H,9,11H2,2H3,(H,17,19). The molecule has 1 aromatic carbocycles. The van der Waals surface area contributed by atoms with Crippen LogP contribution < -0.4 is 10.0 Å². The third kappa shape index (κ3) is 4.42. The molecule has 0 bridgehead atoms. The molecule has 0 aliphatic rings. The molecule has 0 radical (unpaired) electrons. The van der Waals surface area contributed by atoms with Crippen molar-refractivity contribution in [3.05, 3.63) is 51.7 Å². The molecule has 23 heavy (non-hydrogen) atoms. The summed E-state index contributed by atoms with van der Waals surface area (Å²) in [6.07, 6.45) is 5.03. The van der Waals surface area contributed by atoms with Gasteiger partial charge in [-0.2, -0.15) is 4.72 Å². The summed E-state index contributed by atoms with van der Waals surface area (Å²) in [6.45, 7) is 2.36. The number of rotatable bonds is 6. The lowest BCUT2D eigenvalue weighted by Crippen LogP contribution is -2.25. The number of hydrogen-bond donors (Lipinski definition) is 2. The molecule has 0 saturated carbocycles. The topological polar surface area (TPSA) is 75.3 Å². The minimum Gasteiger partial charge on any atom is -0.347 e. The number of aryl methyl sites for hydroxylation is 1. The lowest BCUT2D eigenvalue weighted by atomic mass is 10.2. The van der Waals surface area contributed by atoms with Crippen LogP contribution >= 0.6 is 11.3 Å². The first-order chi connectivity index (χ1) is 10.9. The Labute approximate surface area is 139 Å². The highest BCUT2D eigenvalue weighted by Crippen LogP contribution is 2.15. The van der Waals surface area contributed by atoms with Crippen molar-refractivity contribution in [1.29, 1.82) is 0 Å². The van der Waals surface area contributed by atoms with E-state index in [1.165, 1.54) is 24.3 Å². The molecule has 5 nitrogen and oxygen atoms in total. The van der Waals surface area contributed by atoms with Gasteiger partial charge in [-0.3, -0.25) is 4.79 Å². The molecule has 0 aliphatic heterocycles. The molecule has 1 heterocycles. The SMILES string of the molecule is C#CCNS(=O)(=O)c1ccc(C(=O)NCc2sccc2C)cc1. The molecule has 0 spiro atoms. The number of thiophene rings is 1. The first kappa shape index (κ1) is 17.2. The molecular weight excluding hydrogens is 332 g/mol. The van der Waals surface area contributed by atoms with E-state index in [1.807, 2.05) is 18.4 Å². The molecule has 120 valence electrons. The molecule has 2 aromatic rings. The van der Waals surface area contributed by atoms with E-state index < -0.39 is 10.0 Å². The monoisotopic (exact) mass is 348 g/mol. The molecule has 0 saturated heterocycles. The average Bonchev–Trinajstić information content (AvgIpc) is 2.96. The highest BCUT2D eigenvalue weighted by molar-refractivity contribution is 7.89. The normalized spacial score (nSPS) is 11.0. The van der Waals surface area contributed by atoms with Crippen molar-refractivity contribution in [3.8, 4) is 12.3 Å². The fourth-order valence-electron chi connectivity index (χ4n) is 1.85. The molecule has 0 atom stereocenters. The smallest absolute Gasteiger partial charge is 0.251 e. The maximum Gasteiger partial charge on any atom is 0.251 e. The molecule has 1 amide bonds. The Kier molecular flexibility index (Phi) is 5.55. The van der Waals surface area contributed by atoms with Crippen molar-refractivity contribution < 1.29 is 13.2 Å². The number of carbonyl (C=O) groups is 1. The molecule has 2 rings (SSSR count). The number of nitrogens with one attached hydrogen (secondary N) is 2. The highest BCUT2D eigenvalue weighted by Gasteiger charge is 2.14. The van der Waals surface area contributed by atoms with E-state index in [4.69, 9.17) is 6.42 Å². The Bertz CT molecular complexity index is 831.